The summed E-state index contributed by atoms with van der Waals surface area (Å²) in [4.78, 5) is 24.7. The average molecular weight is 346 g/mol. The average Bonchev–Trinajstić information content (AvgIpc) is 2.53. The van der Waals surface area contributed by atoms with E-state index >= 15 is 0 Å². The third kappa shape index (κ3) is 4.53. The Bertz CT molecular complexity index is 682. The molecule has 1 aromatic rings. The van der Waals surface area contributed by atoms with Crippen LogP contribution in [0.5, 0.6) is 5.75 Å². The van der Waals surface area contributed by atoms with Gasteiger partial charge in [0.15, 0.2) is 0 Å². The van der Waals surface area contributed by atoms with E-state index in [0.717, 1.165) is 12.0 Å². The van der Waals surface area contributed by atoms with Gasteiger partial charge in [-0.15, -0.1) is 0 Å². The first-order valence-electron chi connectivity index (χ1n) is 8.58. The Kier molecular flexibility index (Phi) is 6.07. The molecule has 0 radical (unpaired) electrons. The lowest BCUT2D eigenvalue weighted by atomic mass is 9.94. The minimum Gasteiger partial charge on any atom is -0.491 e. The molecular formula is C19H26N2O4. The van der Waals surface area contributed by atoms with Crippen LogP contribution in [0.4, 0.5) is 4.79 Å². The molecule has 0 spiro atoms. The van der Waals surface area contributed by atoms with E-state index in [0.29, 0.717) is 17.0 Å². The third-order valence-electron chi connectivity index (χ3n) is 3.96. The number of ether oxygens (including phenoxy) is 2. The van der Waals surface area contributed by atoms with Crippen molar-refractivity contribution < 1.29 is 19.1 Å². The van der Waals surface area contributed by atoms with E-state index in [2.05, 4.69) is 10.6 Å². The van der Waals surface area contributed by atoms with Crippen LogP contribution in [0, 0.1) is 0 Å². The first kappa shape index (κ1) is 18.8. The van der Waals surface area contributed by atoms with Crippen molar-refractivity contribution in [3.05, 3.63) is 41.1 Å². The second-order valence-electron chi connectivity index (χ2n) is 6.40. The van der Waals surface area contributed by atoms with Crippen LogP contribution < -0.4 is 15.4 Å². The van der Waals surface area contributed by atoms with Gasteiger partial charge in [-0.05, 0) is 40.2 Å². The quantitative estimate of drug-likeness (QED) is 0.774. The topological polar surface area (TPSA) is 76.7 Å². The van der Waals surface area contributed by atoms with Crippen molar-refractivity contribution in [3.63, 3.8) is 0 Å². The van der Waals surface area contributed by atoms with E-state index in [-0.39, 0.29) is 18.2 Å². The van der Waals surface area contributed by atoms with Crippen LogP contribution in [0.1, 0.15) is 52.6 Å². The molecule has 6 heteroatoms. The Hall–Kier alpha value is -2.50. The smallest absolute Gasteiger partial charge is 0.338 e. The van der Waals surface area contributed by atoms with E-state index < -0.39 is 12.0 Å². The SMILES string of the molecule is CC[C@H](C)OC(=O)C1=C(C)NC(=O)N[C@H]1c1ccccc1OC(C)C. The maximum Gasteiger partial charge on any atom is 0.338 e. The third-order valence-corrected chi connectivity index (χ3v) is 3.96. The predicted molar refractivity (Wildman–Crippen MR) is 95.2 cm³/mol. The molecule has 0 aromatic heterocycles. The van der Waals surface area contributed by atoms with Gasteiger partial charge in [0, 0.05) is 11.3 Å². The highest BCUT2D eigenvalue weighted by atomic mass is 16.5. The van der Waals surface area contributed by atoms with Crippen LogP contribution in [-0.2, 0) is 9.53 Å². The Morgan fingerprint density at radius 1 is 1.24 bits per heavy atom. The normalized spacial score (nSPS) is 18.5. The number of hydrogen-bond donors (Lipinski definition) is 2. The van der Waals surface area contributed by atoms with Crippen molar-refractivity contribution in [1.82, 2.24) is 10.6 Å². The van der Waals surface area contributed by atoms with Crippen molar-refractivity contribution in [2.75, 3.05) is 0 Å². The fraction of sp³-hybridized carbons (Fsp3) is 0.474. The molecule has 6 nitrogen and oxygen atoms in total. The van der Waals surface area contributed by atoms with Crippen molar-refractivity contribution in [3.8, 4) is 5.75 Å². The molecular weight excluding hydrogens is 320 g/mol. The van der Waals surface area contributed by atoms with Gasteiger partial charge in [-0.2, -0.15) is 0 Å². The lowest BCUT2D eigenvalue weighted by molar-refractivity contribution is -0.144. The summed E-state index contributed by atoms with van der Waals surface area (Å²) in [5, 5.41) is 5.46. The fourth-order valence-corrected chi connectivity index (χ4v) is 2.61. The van der Waals surface area contributed by atoms with Crippen LogP contribution in [0.25, 0.3) is 0 Å². The molecule has 2 atom stereocenters. The van der Waals surface area contributed by atoms with Gasteiger partial charge in [0.25, 0.3) is 0 Å². The molecule has 136 valence electrons. The van der Waals surface area contributed by atoms with E-state index in [4.69, 9.17) is 9.47 Å². The number of carbonyl (C=O) groups excluding carboxylic acids is 2. The summed E-state index contributed by atoms with van der Waals surface area (Å²) in [7, 11) is 0. The largest absolute Gasteiger partial charge is 0.491 e. The molecule has 1 aliphatic rings. The Balaban J connectivity index is 2.45. The summed E-state index contributed by atoms with van der Waals surface area (Å²) >= 11 is 0. The Morgan fingerprint density at radius 2 is 1.92 bits per heavy atom. The number of hydrogen-bond acceptors (Lipinski definition) is 4. The molecule has 2 amide bonds. The highest BCUT2D eigenvalue weighted by Crippen LogP contribution is 2.34. The molecule has 1 heterocycles. The van der Waals surface area contributed by atoms with Gasteiger partial charge >= 0.3 is 12.0 Å². The summed E-state index contributed by atoms with van der Waals surface area (Å²) in [6, 6.07) is 6.40. The van der Waals surface area contributed by atoms with Gasteiger partial charge in [0.1, 0.15) is 5.75 Å². The predicted octanol–water partition coefficient (Wildman–Crippen LogP) is 3.44. The van der Waals surface area contributed by atoms with Crippen molar-refractivity contribution in [1.29, 1.82) is 0 Å². The van der Waals surface area contributed by atoms with Gasteiger partial charge in [0.05, 0.1) is 23.8 Å². The van der Waals surface area contributed by atoms with Gasteiger partial charge in [0.2, 0.25) is 0 Å². The van der Waals surface area contributed by atoms with Crippen LogP contribution in [0.3, 0.4) is 0 Å². The van der Waals surface area contributed by atoms with Crippen LogP contribution in [0.15, 0.2) is 35.5 Å². The van der Waals surface area contributed by atoms with Gasteiger partial charge in [-0.3, -0.25) is 0 Å². The summed E-state index contributed by atoms with van der Waals surface area (Å²) in [6.45, 7) is 9.34. The Labute approximate surface area is 148 Å². The maximum absolute atomic E-state index is 12.7. The first-order valence-corrected chi connectivity index (χ1v) is 8.58. The highest BCUT2D eigenvalue weighted by Gasteiger charge is 2.34. The molecule has 0 saturated heterocycles. The number of benzene rings is 1. The van der Waals surface area contributed by atoms with E-state index in [1.807, 2.05) is 52.0 Å². The number of urea groups is 1. The summed E-state index contributed by atoms with van der Waals surface area (Å²) in [5.74, 6) is 0.190. The molecule has 1 aliphatic heterocycles. The van der Waals surface area contributed by atoms with Crippen molar-refractivity contribution in [2.24, 2.45) is 0 Å². The lowest BCUT2D eigenvalue weighted by Crippen LogP contribution is -2.45. The molecule has 25 heavy (non-hydrogen) atoms. The maximum atomic E-state index is 12.7. The van der Waals surface area contributed by atoms with Crippen LogP contribution in [0.2, 0.25) is 0 Å². The molecule has 2 N–H and O–H groups in total. The zero-order valence-electron chi connectivity index (χ0n) is 15.4. The minimum atomic E-state index is -0.625. The second-order valence-corrected chi connectivity index (χ2v) is 6.40. The van der Waals surface area contributed by atoms with E-state index in [1.54, 1.807) is 6.92 Å². The minimum absolute atomic E-state index is 0.0286. The van der Waals surface area contributed by atoms with E-state index in [1.165, 1.54) is 0 Å². The lowest BCUT2D eigenvalue weighted by Gasteiger charge is -2.30. The zero-order valence-corrected chi connectivity index (χ0v) is 15.4. The number of nitrogens with one attached hydrogen (secondary N) is 2. The highest BCUT2D eigenvalue weighted by molar-refractivity contribution is 5.95. The number of amides is 2. The van der Waals surface area contributed by atoms with Gasteiger partial charge in [-0.1, -0.05) is 25.1 Å². The summed E-state index contributed by atoms with van der Waals surface area (Å²) < 4.78 is 11.3. The molecule has 0 saturated carbocycles. The molecule has 0 aliphatic carbocycles. The number of rotatable bonds is 6. The Morgan fingerprint density at radius 3 is 2.56 bits per heavy atom. The number of esters is 1. The second kappa shape index (κ2) is 8.05. The van der Waals surface area contributed by atoms with Crippen LogP contribution >= 0.6 is 0 Å². The summed E-state index contributed by atoms with van der Waals surface area (Å²) in [6.07, 6.45) is 0.489. The molecule has 0 fully saturated rings. The zero-order chi connectivity index (χ0) is 18.6. The molecule has 1 aromatic carbocycles. The first-order chi connectivity index (χ1) is 11.8. The van der Waals surface area contributed by atoms with Gasteiger partial charge in [-0.25, -0.2) is 9.59 Å². The van der Waals surface area contributed by atoms with E-state index in [9.17, 15) is 9.59 Å². The standard InChI is InChI=1S/C19H26N2O4/c1-6-12(4)25-18(22)16-13(5)20-19(23)21-17(16)14-9-7-8-10-15(14)24-11(2)3/h7-12,17H,6H2,1-5H3,(H2,20,21,23)/t12-,17-/m0/s1. The van der Waals surface area contributed by atoms with Crippen molar-refractivity contribution in [2.45, 2.75) is 59.3 Å². The number of allylic oxidation sites excluding steroid dienone is 1. The summed E-state index contributed by atoms with van der Waals surface area (Å²) in [5.41, 5.74) is 1.60. The molecule has 0 unspecified atom stereocenters. The molecule has 0 bridgehead atoms. The number of carbonyl (C=O) groups is 2. The fourth-order valence-electron chi connectivity index (χ4n) is 2.61. The monoisotopic (exact) mass is 346 g/mol. The van der Waals surface area contributed by atoms with Crippen LogP contribution in [-0.4, -0.2) is 24.2 Å². The van der Waals surface area contributed by atoms with Gasteiger partial charge < -0.3 is 20.1 Å². The molecule has 2 rings (SSSR count). The number of para-hydroxylation sites is 1. The van der Waals surface area contributed by atoms with Crippen molar-refractivity contribution >= 4 is 12.0 Å².